The molecule has 0 unspecified atom stereocenters. The molecule has 0 saturated carbocycles. The predicted octanol–water partition coefficient (Wildman–Crippen LogP) is -0.0694. The average Bonchev–Trinajstić information content (AvgIpc) is 2.35. The van der Waals surface area contributed by atoms with E-state index in [1.165, 1.54) is 4.90 Å². The van der Waals surface area contributed by atoms with Crippen molar-refractivity contribution in [2.75, 3.05) is 7.05 Å². The third-order valence-corrected chi connectivity index (χ3v) is 1.55. The first-order valence-electron chi connectivity index (χ1n) is 3.57. The quantitative estimate of drug-likeness (QED) is 0.671. The molecule has 0 saturated heterocycles. The van der Waals surface area contributed by atoms with Gasteiger partial charge in [-0.05, 0) is 0 Å². The molecule has 0 atom stereocenters. The molecule has 0 aliphatic carbocycles. The molecule has 1 heterocycles. The molecule has 0 radical (unpaired) electrons. The maximum atomic E-state index is 10.6. The molecule has 2 N–H and O–H groups in total. The van der Waals surface area contributed by atoms with Gasteiger partial charge < -0.3 is 10.6 Å². The number of hydrogen-bond acceptors (Lipinski definition) is 2. The van der Waals surface area contributed by atoms with Crippen LogP contribution in [0.15, 0.2) is 12.4 Å². The lowest BCUT2D eigenvalue weighted by Gasteiger charge is -2.11. The van der Waals surface area contributed by atoms with Crippen LogP contribution in [0.4, 0.5) is 4.79 Å². The van der Waals surface area contributed by atoms with Crippen LogP contribution in [0.25, 0.3) is 0 Å². The van der Waals surface area contributed by atoms with Crippen molar-refractivity contribution in [3.05, 3.63) is 18.0 Å². The fourth-order valence-electron chi connectivity index (χ4n) is 0.905. The van der Waals surface area contributed by atoms with Gasteiger partial charge in [-0.2, -0.15) is 5.10 Å². The Kier molecular flexibility index (Phi) is 2.32. The molecule has 1 aromatic rings. The van der Waals surface area contributed by atoms with Crippen molar-refractivity contribution in [3.63, 3.8) is 0 Å². The number of urea groups is 1. The van der Waals surface area contributed by atoms with Gasteiger partial charge in [-0.25, -0.2) is 4.79 Å². The Balaban J connectivity index is 2.58. The van der Waals surface area contributed by atoms with Crippen molar-refractivity contribution in [2.24, 2.45) is 12.8 Å². The summed E-state index contributed by atoms with van der Waals surface area (Å²) in [4.78, 5) is 12.1. The van der Waals surface area contributed by atoms with Gasteiger partial charge in [0, 0.05) is 25.9 Å². The van der Waals surface area contributed by atoms with Crippen molar-refractivity contribution in [1.82, 2.24) is 14.7 Å². The number of carbonyl (C=O) groups is 1. The van der Waals surface area contributed by atoms with Crippen LogP contribution in [0.5, 0.6) is 0 Å². The molecule has 5 nitrogen and oxygen atoms in total. The van der Waals surface area contributed by atoms with Crippen molar-refractivity contribution < 1.29 is 4.79 Å². The number of hydrogen-bond donors (Lipinski definition) is 1. The maximum Gasteiger partial charge on any atom is 0.314 e. The van der Waals surface area contributed by atoms with Crippen LogP contribution >= 0.6 is 0 Å². The first-order chi connectivity index (χ1) is 5.59. The zero-order valence-electron chi connectivity index (χ0n) is 7.19. The first kappa shape index (κ1) is 8.58. The van der Waals surface area contributed by atoms with E-state index in [2.05, 4.69) is 5.10 Å². The Morgan fingerprint density at radius 3 is 2.92 bits per heavy atom. The lowest BCUT2D eigenvalue weighted by Crippen LogP contribution is -2.31. The zero-order valence-corrected chi connectivity index (χ0v) is 7.19. The second-order valence-electron chi connectivity index (χ2n) is 2.72. The van der Waals surface area contributed by atoms with Crippen LogP contribution in [0, 0.1) is 0 Å². The zero-order chi connectivity index (χ0) is 9.14. The molecule has 5 heteroatoms. The highest BCUT2D eigenvalue weighted by Crippen LogP contribution is 1.99. The molecule has 12 heavy (non-hydrogen) atoms. The van der Waals surface area contributed by atoms with Gasteiger partial charge in [0.15, 0.2) is 0 Å². The van der Waals surface area contributed by atoms with Crippen LogP contribution in [-0.2, 0) is 13.6 Å². The topological polar surface area (TPSA) is 64.2 Å². The minimum atomic E-state index is -0.432. The lowest BCUT2D eigenvalue weighted by molar-refractivity contribution is 0.216. The normalized spacial score (nSPS) is 9.83. The molecule has 0 aliphatic rings. The highest BCUT2D eigenvalue weighted by Gasteiger charge is 2.04. The number of rotatable bonds is 2. The van der Waals surface area contributed by atoms with Gasteiger partial charge in [0.05, 0.1) is 12.7 Å². The fourth-order valence-corrected chi connectivity index (χ4v) is 0.905. The van der Waals surface area contributed by atoms with Gasteiger partial charge >= 0.3 is 6.03 Å². The second kappa shape index (κ2) is 3.25. The Bertz CT molecular complexity index is 281. The van der Waals surface area contributed by atoms with Gasteiger partial charge in [0.25, 0.3) is 0 Å². The molecule has 1 aromatic heterocycles. The van der Waals surface area contributed by atoms with Crippen LogP contribution in [0.3, 0.4) is 0 Å². The van der Waals surface area contributed by atoms with Gasteiger partial charge in [0.2, 0.25) is 0 Å². The third-order valence-electron chi connectivity index (χ3n) is 1.55. The Labute approximate surface area is 70.8 Å². The van der Waals surface area contributed by atoms with E-state index >= 15 is 0 Å². The van der Waals surface area contributed by atoms with Gasteiger partial charge in [-0.3, -0.25) is 4.68 Å². The van der Waals surface area contributed by atoms with E-state index in [9.17, 15) is 4.79 Å². The summed E-state index contributed by atoms with van der Waals surface area (Å²) in [6, 6.07) is -0.432. The Morgan fingerprint density at radius 1 is 1.83 bits per heavy atom. The first-order valence-corrected chi connectivity index (χ1v) is 3.57. The standard InChI is InChI=1S/C7H12N4O/c1-10(7(8)12)4-6-3-9-11(2)5-6/h3,5H,4H2,1-2H3,(H2,8,12). The molecule has 0 spiro atoms. The minimum Gasteiger partial charge on any atom is -0.351 e. The Hall–Kier alpha value is -1.52. The van der Waals surface area contributed by atoms with Crippen molar-refractivity contribution >= 4 is 6.03 Å². The average molecular weight is 168 g/mol. The van der Waals surface area contributed by atoms with E-state index in [-0.39, 0.29) is 0 Å². The van der Waals surface area contributed by atoms with Crippen LogP contribution in [0.2, 0.25) is 0 Å². The molecule has 2 amide bonds. The van der Waals surface area contributed by atoms with Crippen LogP contribution in [-0.4, -0.2) is 27.8 Å². The summed E-state index contributed by atoms with van der Waals surface area (Å²) < 4.78 is 1.68. The summed E-state index contributed by atoms with van der Waals surface area (Å²) >= 11 is 0. The minimum absolute atomic E-state index is 0.432. The molecule has 0 aromatic carbocycles. The van der Waals surface area contributed by atoms with Gasteiger partial charge in [-0.15, -0.1) is 0 Å². The molecular weight excluding hydrogens is 156 g/mol. The largest absolute Gasteiger partial charge is 0.351 e. The smallest absolute Gasteiger partial charge is 0.314 e. The third kappa shape index (κ3) is 1.98. The van der Waals surface area contributed by atoms with Crippen molar-refractivity contribution in [3.8, 4) is 0 Å². The highest BCUT2D eigenvalue weighted by molar-refractivity contribution is 5.71. The monoisotopic (exact) mass is 168 g/mol. The molecule has 66 valence electrons. The molecular formula is C7H12N4O. The number of nitrogens with two attached hydrogens (primary N) is 1. The van der Waals surface area contributed by atoms with E-state index in [4.69, 9.17) is 5.73 Å². The molecule has 1 rings (SSSR count). The fraction of sp³-hybridized carbons (Fsp3) is 0.429. The summed E-state index contributed by atoms with van der Waals surface area (Å²) in [5.74, 6) is 0. The van der Waals surface area contributed by atoms with E-state index in [0.717, 1.165) is 5.56 Å². The van der Waals surface area contributed by atoms with E-state index in [1.807, 2.05) is 13.2 Å². The molecule has 0 fully saturated rings. The summed E-state index contributed by atoms with van der Waals surface area (Å²) in [6.07, 6.45) is 3.55. The summed E-state index contributed by atoms with van der Waals surface area (Å²) in [5, 5.41) is 3.97. The number of aryl methyl sites for hydroxylation is 1. The SMILES string of the molecule is CN(Cc1cnn(C)c1)C(N)=O. The lowest BCUT2D eigenvalue weighted by atomic mass is 10.3. The van der Waals surface area contributed by atoms with Crippen molar-refractivity contribution in [2.45, 2.75) is 6.54 Å². The maximum absolute atomic E-state index is 10.6. The second-order valence-corrected chi connectivity index (χ2v) is 2.72. The summed E-state index contributed by atoms with van der Waals surface area (Å²) in [6.45, 7) is 0.503. The van der Waals surface area contributed by atoms with Crippen LogP contribution in [0.1, 0.15) is 5.56 Å². The molecule has 0 aliphatic heterocycles. The predicted molar refractivity (Wildman–Crippen MR) is 44.3 cm³/mol. The highest BCUT2D eigenvalue weighted by atomic mass is 16.2. The molecule has 0 bridgehead atoms. The number of primary amides is 1. The number of aromatic nitrogens is 2. The van der Waals surface area contributed by atoms with E-state index in [1.54, 1.807) is 17.9 Å². The summed E-state index contributed by atoms with van der Waals surface area (Å²) in [5.41, 5.74) is 6.02. The number of nitrogens with zero attached hydrogens (tertiary/aromatic N) is 3. The van der Waals surface area contributed by atoms with E-state index < -0.39 is 6.03 Å². The van der Waals surface area contributed by atoms with Gasteiger partial charge in [-0.1, -0.05) is 0 Å². The number of carbonyl (C=O) groups excluding carboxylic acids is 1. The number of amides is 2. The van der Waals surface area contributed by atoms with Crippen LogP contribution < -0.4 is 5.73 Å². The Morgan fingerprint density at radius 2 is 2.50 bits per heavy atom. The van der Waals surface area contributed by atoms with Crippen molar-refractivity contribution in [1.29, 1.82) is 0 Å². The van der Waals surface area contributed by atoms with E-state index in [0.29, 0.717) is 6.54 Å². The summed E-state index contributed by atoms with van der Waals surface area (Å²) in [7, 11) is 3.48. The van der Waals surface area contributed by atoms with Gasteiger partial charge in [0.1, 0.15) is 0 Å².